The Labute approximate surface area is 50.5 Å². The second-order valence-electron chi connectivity index (χ2n) is 1.88. The summed E-state index contributed by atoms with van der Waals surface area (Å²) in [5, 5.41) is 0. The van der Waals surface area contributed by atoms with Gasteiger partial charge in [0.25, 0.3) is 0 Å². The van der Waals surface area contributed by atoms with Crippen LogP contribution in [0.1, 0.15) is 0 Å². The van der Waals surface area contributed by atoms with Gasteiger partial charge < -0.3 is 0 Å². The molecule has 0 aromatic rings. The summed E-state index contributed by atoms with van der Waals surface area (Å²) in [6.07, 6.45) is 3.82. The van der Waals surface area contributed by atoms with Crippen LogP contribution in [-0.4, -0.2) is 37.1 Å². The molecule has 0 atom stereocenters. The molecule has 1 aliphatic rings. The third-order valence-electron chi connectivity index (χ3n) is 1.24. The van der Waals surface area contributed by atoms with Crippen molar-refractivity contribution < 1.29 is 0 Å². The Morgan fingerprint density at radius 1 is 1.25 bits per heavy atom. The summed E-state index contributed by atoms with van der Waals surface area (Å²) in [7, 11) is 9.35. The van der Waals surface area contributed by atoms with Crippen LogP contribution in [0.5, 0.6) is 0 Å². The van der Waals surface area contributed by atoms with E-state index in [0.717, 1.165) is 5.71 Å². The van der Waals surface area contributed by atoms with E-state index in [1.54, 1.807) is 0 Å². The maximum atomic E-state index is 5.53. The fraction of sp³-hybridized carbons (Fsp3) is 0.400. The first-order valence-electron chi connectivity index (χ1n) is 2.48. The van der Waals surface area contributed by atoms with Gasteiger partial charge in [-0.1, -0.05) is 0 Å². The van der Waals surface area contributed by atoms with E-state index in [9.17, 15) is 0 Å². The zero-order valence-corrected chi connectivity index (χ0v) is 5.13. The number of nitrogens with zero attached hydrogens (tertiary/aromatic N) is 2. The van der Waals surface area contributed by atoms with Gasteiger partial charge in [0.2, 0.25) is 0 Å². The molecule has 0 saturated heterocycles. The topological polar surface area (TPSA) is 6.48 Å². The van der Waals surface area contributed by atoms with E-state index in [1.807, 2.05) is 36.3 Å². The third-order valence-corrected chi connectivity index (χ3v) is 1.24. The van der Waals surface area contributed by atoms with Gasteiger partial charge in [0, 0.05) is 0 Å². The summed E-state index contributed by atoms with van der Waals surface area (Å²) in [6, 6.07) is 0. The molecular weight excluding hydrogens is 98.9 g/mol. The van der Waals surface area contributed by atoms with Gasteiger partial charge in [-0.15, -0.1) is 0 Å². The zero-order valence-electron chi connectivity index (χ0n) is 5.13. The van der Waals surface area contributed by atoms with Gasteiger partial charge in [0.15, 0.2) is 0 Å². The van der Waals surface area contributed by atoms with E-state index in [2.05, 4.69) is 0 Å². The van der Waals surface area contributed by atoms with E-state index < -0.39 is 0 Å². The zero-order chi connectivity index (χ0) is 6.15. The van der Waals surface area contributed by atoms with E-state index >= 15 is 0 Å². The summed E-state index contributed by atoms with van der Waals surface area (Å²) in [5.41, 5.74) is 0.769. The summed E-state index contributed by atoms with van der Waals surface area (Å²) in [4.78, 5) is 3.72. The van der Waals surface area contributed by atoms with Crippen molar-refractivity contribution in [1.29, 1.82) is 0 Å². The second-order valence-corrected chi connectivity index (χ2v) is 1.88. The molecule has 0 amide bonds. The molecule has 0 aliphatic carbocycles. The monoisotopic (exact) mass is 107 g/mol. The molecule has 0 aromatic heterocycles. The van der Waals surface area contributed by atoms with Crippen LogP contribution in [0.4, 0.5) is 0 Å². The van der Waals surface area contributed by atoms with Gasteiger partial charge in [0.1, 0.15) is 0 Å². The van der Waals surface area contributed by atoms with Crippen LogP contribution in [0.25, 0.3) is 0 Å². The fourth-order valence-corrected chi connectivity index (χ4v) is 0.602. The SMILES string of the molecule is [B]=C1N(C)C=CN1C. The van der Waals surface area contributed by atoms with Crippen molar-refractivity contribution in [3.8, 4) is 0 Å². The van der Waals surface area contributed by atoms with E-state index in [4.69, 9.17) is 7.49 Å². The van der Waals surface area contributed by atoms with Crippen molar-refractivity contribution in [2.45, 2.75) is 0 Å². The number of rotatable bonds is 0. The van der Waals surface area contributed by atoms with Crippen LogP contribution in [0, 0.1) is 0 Å². The first-order valence-corrected chi connectivity index (χ1v) is 2.48. The second kappa shape index (κ2) is 1.65. The Morgan fingerprint density at radius 2 is 1.62 bits per heavy atom. The Morgan fingerprint density at radius 3 is 1.75 bits per heavy atom. The van der Waals surface area contributed by atoms with Crippen molar-refractivity contribution in [3.05, 3.63) is 12.4 Å². The summed E-state index contributed by atoms with van der Waals surface area (Å²) < 4.78 is 0. The van der Waals surface area contributed by atoms with Crippen molar-refractivity contribution in [3.63, 3.8) is 0 Å². The van der Waals surface area contributed by atoms with Gasteiger partial charge >= 0.3 is 49.5 Å². The number of hydrogen-bond donors (Lipinski definition) is 0. The van der Waals surface area contributed by atoms with Gasteiger partial charge in [0.05, 0.1) is 0 Å². The van der Waals surface area contributed by atoms with Crippen LogP contribution >= 0.6 is 0 Å². The van der Waals surface area contributed by atoms with Gasteiger partial charge in [-0.05, 0) is 0 Å². The summed E-state index contributed by atoms with van der Waals surface area (Å²) in [6.45, 7) is 0. The van der Waals surface area contributed by atoms with Crippen LogP contribution in [0.2, 0.25) is 0 Å². The van der Waals surface area contributed by atoms with Gasteiger partial charge in [-0.3, -0.25) is 0 Å². The molecular formula is C5H8BN2. The van der Waals surface area contributed by atoms with E-state index in [0.29, 0.717) is 0 Å². The average molecular weight is 107 g/mol. The van der Waals surface area contributed by atoms with Gasteiger partial charge in [-0.2, -0.15) is 0 Å². The molecule has 0 N–H and O–H groups in total. The Kier molecular flexibility index (Phi) is 1.12. The van der Waals surface area contributed by atoms with E-state index in [-0.39, 0.29) is 0 Å². The molecule has 2 nitrogen and oxygen atoms in total. The molecule has 41 valence electrons. The molecule has 8 heavy (non-hydrogen) atoms. The maximum absolute atomic E-state index is 5.53. The summed E-state index contributed by atoms with van der Waals surface area (Å²) >= 11 is 0. The molecule has 1 rings (SSSR count). The molecule has 0 bridgehead atoms. The molecule has 3 heteroatoms. The minimum absolute atomic E-state index is 0.769. The predicted molar refractivity (Wildman–Crippen MR) is 35.4 cm³/mol. The van der Waals surface area contributed by atoms with Crippen molar-refractivity contribution in [2.24, 2.45) is 0 Å². The van der Waals surface area contributed by atoms with Crippen LogP contribution in [0.3, 0.4) is 0 Å². The Bertz CT molecular complexity index is 127. The van der Waals surface area contributed by atoms with E-state index in [1.165, 1.54) is 0 Å². The summed E-state index contributed by atoms with van der Waals surface area (Å²) in [5.74, 6) is 0. The molecule has 0 aromatic carbocycles. The van der Waals surface area contributed by atoms with Crippen molar-refractivity contribution in [2.75, 3.05) is 14.1 Å². The van der Waals surface area contributed by atoms with Crippen LogP contribution < -0.4 is 0 Å². The minimum atomic E-state index is 0.769. The van der Waals surface area contributed by atoms with Crippen LogP contribution in [-0.2, 0) is 0 Å². The Hall–Kier alpha value is -0.725. The standard InChI is InChI=1S/C5H8BN2/c1-7-3-4-8(2)5(7)6/h3-4H,1-2H3. The quantitative estimate of drug-likeness (QED) is 0.388. The van der Waals surface area contributed by atoms with Gasteiger partial charge in [-0.25, -0.2) is 0 Å². The molecule has 0 saturated carbocycles. The first-order chi connectivity index (χ1) is 3.72. The number of hydrogen-bond acceptors (Lipinski definition) is 2. The molecule has 1 aliphatic heterocycles. The molecule has 0 fully saturated rings. The fourth-order valence-electron chi connectivity index (χ4n) is 0.602. The predicted octanol–water partition coefficient (Wildman–Crippen LogP) is -0.409. The van der Waals surface area contributed by atoms with Crippen molar-refractivity contribution in [1.82, 2.24) is 9.80 Å². The molecule has 0 unspecified atom stereocenters. The molecule has 0 spiro atoms. The molecule has 1 heterocycles. The molecule has 1 radical (unpaired) electrons. The normalized spacial score (nSPS) is 18.4. The van der Waals surface area contributed by atoms with Crippen LogP contribution in [0.15, 0.2) is 12.4 Å². The average Bonchev–Trinajstić information content (AvgIpc) is 1.98. The third kappa shape index (κ3) is 0.640. The van der Waals surface area contributed by atoms with Crippen molar-refractivity contribution >= 4 is 13.2 Å². The Balaban J connectivity index is 2.70. The first kappa shape index (κ1) is 5.41.